The normalized spacial score (nSPS) is 12.7. The lowest BCUT2D eigenvalue weighted by atomic mass is 10.1. The van der Waals surface area contributed by atoms with Gasteiger partial charge in [0.2, 0.25) is 0 Å². The molecule has 0 fully saturated rings. The fraction of sp³-hybridized carbons (Fsp3) is 0.867. The molecule has 0 aliphatic heterocycles. The molecule has 0 spiro atoms. The number of nitrogens with two attached hydrogens (primary N) is 1. The minimum Gasteiger partial charge on any atom is -0.465 e. The highest BCUT2D eigenvalue weighted by Gasteiger charge is 2.24. The summed E-state index contributed by atoms with van der Waals surface area (Å²) >= 11 is 0. The minimum atomic E-state index is -0.602. The first-order valence-corrected chi connectivity index (χ1v) is 7.58. The summed E-state index contributed by atoms with van der Waals surface area (Å²) in [5.74, 6) is -0.438. The van der Waals surface area contributed by atoms with Gasteiger partial charge < -0.3 is 15.2 Å². The molecule has 1 atom stereocenters. The Labute approximate surface area is 127 Å². The maximum atomic E-state index is 12.1. The highest BCUT2D eigenvalue weighted by molar-refractivity contribution is 5.78. The zero-order valence-corrected chi connectivity index (χ0v) is 14.0. The fourth-order valence-corrected chi connectivity index (χ4v) is 1.76. The predicted octanol–water partition coefficient (Wildman–Crippen LogP) is 2.30. The van der Waals surface area contributed by atoms with Crippen LogP contribution in [0, 0.1) is 0 Å². The number of carbonyl (C=O) groups is 2. The van der Waals surface area contributed by atoms with Gasteiger partial charge in [-0.25, -0.2) is 4.79 Å². The Balaban J connectivity index is 4.60. The first-order chi connectivity index (χ1) is 9.69. The number of ether oxygens (including phenoxy) is 2. The average molecular weight is 302 g/mol. The van der Waals surface area contributed by atoms with Crippen LogP contribution in [-0.4, -0.2) is 48.3 Å². The van der Waals surface area contributed by atoms with E-state index in [9.17, 15) is 9.59 Å². The van der Waals surface area contributed by atoms with E-state index in [1.54, 1.807) is 27.7 Å². The van der Waals surface area contributed by atoms with E-state index in [4.69, 9.17) is 15.2 Å². The molecule has 0 rings (SSSR count). The van der Waals surface area contributed by atoms with Crippen LogP contribution in [0.3, 0.4) is 0 Å². The van der Waals surface area contributed by atoms with Crippen LogP contribution in [0.15, 0.2) is 0 Å². The van der Waals surface area contributed by atoms with Gasteiger partial charge in [-0.3, -0.25) is 9.69 Å². The van der Waals surface area contributed by atoms with E-state index in [-0.39, 0.29) is 19.2 Å². The Kier molecular flexibility index (Phi) is 9.01. The van der Waals surface area contributed by atoms with Crippen molar-refractivity contribution in [3.63, 3.8) is 0 Å². The third-order valence-electron chi connectivity index (χ3n) is 2.71. The molecule has 0 heterocycles. The maximum absolute atomic E-state index is 12.1. The number of rotatable bonds is 8. The molecule has 6 nitrogen and oxygen atoms in total. The lowest BCUT2D eigenvalue weighted by Gasteiger charge is -2.27. The SMILES string of the molecule is CCCC(N)CCN(CC(=O)OCC)C(=O)OC(C)(C)C. The van der Waals surface area contributed by atoms with E-state index in [1.165, 1.54) is 4.90 Å². The molecule has 0 aliphatic rings. The Morgan fingerprint density at radius 3 is 2.29 bits per heavy atom. The van der Waals surface area contributed by atoms with Gasteiger partial charge in [0, 0.05) is 12.6 Å². The van der Waals surface area contributed by atoms with Crippen LogP contribution < -0.4 is 5.73 Å². The summed E-state index contributed by atoms with van der Waals surface area (Å²) < 4.78 is 10.2. The Morgan fingerprint density at radius 2 is 1.81 bits per heavy atom. The van der Waals surface area contributed by atoms with Gasteiger partial charge in [0.05, 0.1) is 6.61 Å². The molecular formula is C15H30N2O4. The number of amides is 1. The third-order valence-corrected chi connectivity index (χ3v) is 2.71. The quantitative estimate of drug-likeness (QED) is 0.696. The van der Waals surface area contributed by atoms with Crippen LogP contribution in [0.25, 0.3) is 0 Å². The van der Waals surface area contributed by atoms with Crippen molar-refractivity contribution in [2.24, 2.45) is 5.73 Å². The molecule has 1 amide bonds. The summed E-state index contributed by atoms with van der Waals surface area (Å²) in [6.07, 6.45) is 2.00. The van der Waals surface area contributed by atoms with Crippen LogP contribution in [0.5, 0.6) is 0 Å². The van der Waals surface area contributed by atoms with Gasteiger partial charge in [-0.15, -0.1) is 0 Å². The smallest absolute Gasteiger partial charge is 0.410 e. The van der Waals surface area contributed by atoms with Crippen molar-refractivity contribution in [2.75, 3.05) is 19.7 Å². The second-order valence-corrected chi connectivity index (χ2v) is 6.04. The van der Waals surface area contributed by atoms with Crippen molar-refractivity contribution in [2.45, 2.75) is 65.5 Å². The molecule has 0 aromatic carbocycles. The summed E-state index contributed by atoms with van der Waals surface area (Å²) in [5, 5.41) is 0. The molecule has 0 saturated carbocycles. The summed E-state index contributed by atoms with van der Waals surface area (Å²) in [4.78, 5) is 25.1. The van der Waals surface area contributed by atoms with Crippen LogP contribution in [0.1, 0.15) is 53.9 Å². The molecule has 0 aromatic rings. The van der Waals surface area contributed by atoms with E-state index in [0.717, 1.165) is 12.8 Å². The minimum absolute atomic E-state index is 0.0159. The first-order valence-electron chi connectivity index (χ1n) is 7.58. The number of esters is 1. The summed E-state index contributed by atoms with van der Waals surface area (Å²) in [5.41, 5.74) is 5.35. The van der Waals surface area contributed by atoms with Crippen LogP contribution >= 0.6 is 0 Å². The molecule has 124 valence electrons. The number of carbonyl (C=O) groups excluding carboxylic acids is 2. The Morgan fingerprint density at radius 1 is 1.19 bits per heavy atom. The van der Waals surface area contributed by atoms with Crippen LogP contribution in [0.4, 0.5) is 4.79 Å². The number of nitrogens with zero attached hydrogens (tertiary/aromatic N) is 1. The molecular weight excluding hydrogens is 272 g/mol. The molecule has 0 bridgehead atoms. The summed E-state index contributed by atoms with van der Waals surface area (Å²) in [6.45, 7) is 9.71. The van der Waals surface area contributed by atoms with Gasteiger partial charge in [0.25, 0.3) is 0 Å². The van der Waals surface area contributed by atoms with E-state index >= 15 is 0 Å². The fourth-order valence-electron chi connectivity index (χ4n) is 1.76. The second-order valence-electron chi connectivity index (χ2n) is 6.04. The lowest BCUT2D eigenvalue weighted by Crippen LogP contribution is -2.42. The van der Waals surface area contributed by atoms with Gasteiger partial charge in [0.15, 0.2) is 0 Å². The highest BCUT2D eigenvalue weighted by Crippen LogP contribution is 2.11. The monoisotopic (exact) mass is 302 g/mol. The van der Waals surface area contributed by atoms with Crippen LogP contribution in [0.2, 0.25) is 0 Å². The van der Waals surface area contributed by atoms with Crippen molar-refractivity contribution in [1.82, 2.24) is 4.90 Å². The number of hydrogen-bond donors (Lipinski definition) is 1. The van der Waals surface area contributed by atoms with Gasteiger partial charge >= 0.3 is 12.1 Å². The van der Waals surface area contributed by atoms with Gasteiger partial charge in [-0.2, -0.15) is 0 Å². The molecule has 0 radical (unpaired) electrons. The summed E-state index contributed by atoms with van der Waals surface area (Å²) in [6, 6.07) is 0.0159. The van der Waals surface area contributed by atoms with Crippen molar-refractivity contribution < 1.29 is 19.1 Å². The Bertz CT molecular complexity index is 326. The standard InChI is InChI=1S/C15H30N2O4/c1-6-8-12(16)9-10-17(11-13(18)20-7-2)14(19)21-15(3,4)5/h12H,6-11,16H2,1-5H3. The van der Waals surface area contributed by atoms with Crippen LogP contribution in [-0.2, 0) is 14.3 Å². The van der Waals surface area contributed by atoms with Crippen molar-refractivity contribution in [3.8, 4) is 0 Å². The molecule has 0 aliphatic carbocycles. The summed E-state index contributed by atoms with van der Waals surface area (Å²) in [7, 11) is 0. The largest absolute Gasteiger partial charge is 0.465 e. The van der Waals surface area contributed by atoms with E-state index in [0.29, 0.717) is 13.0 Å². The molecule has 6 heteroatoms. The van der Waals surface area contributed by atoms with Gasteiger partial charge in [-0.05, 0) is 40.5 Å². The van der Waals surface area contributed by atoms with E-state index < -0.39 is 17.7 Å². The molecule has 21 heavy (non-hydrogen) atoms. The van der Waals surface area contributed by atoms with Gasteiger partial charge in [0.1, 0.15) is 12.1 Å². The molecule has 0 saturated heterocycles. The maximum Gasteiger partial charge on any atom is 0.410 e. The van der Waals surface area contributed by atoms with Crippen molar-refractivity contribution >= 4 is 12.1 Å². The Hall–Kier alpha value is -1.30. The first kappa shape index (κ1) is 19.7. The molecule has 1 unspecified atom stereocenters. The topological polar surface area (TPSA) is 81.9 Å². The highest BCUT2D eigenvalue weighted by atomic mass is 16.6. The molecule has 2 N–H and O–H groups in total. The second kappa shape index (κ2) is 9.60. The van der Waals surface area contributed by atoms with E-state index in [2.05, 4.69) is 6.92 Å². The number of hydrogen-bond acceptors (Lipinski definition) is 5. The van der Waals surface area contributed by atoms with E-state index in [1.807, 2.05) is 0 Å². The third kappa shape index (κ3) is 10.1. The van der Waals surface area contributed by atoms with Crippen molar-refractivity contribution in [3.05, 3.63) is 0 Å². The zero-order chi connectivity index (χ0) is 16.5. The average Bonchev–Trinajstić information content (AvgIpc) is 2.32. The predicted molar refractivity (Wildman–Crippen MR) is 81.9 cm³/mol. The lowest BCUT2D eigenvalue weighted by molar-refractivity contribution is -0.144. The van der Waals surface area contributed by atoms with Crippen molar-refractivity contribution in [1.29, 1.82) is 0 Å². The molecule has 0 aromatic heterocycles. The van der Waals surface area contributed by atoms with Gasteiger partial charge in [-0.1, -0.05) is 13.3 Å². The zero-order valence-electron chi connectivity index (χ0n) is 14.0.